The standard InChI is InChI=1S/C21H22N2O6/c24-16-9-20-18(27-12-29-20)7-14(16)10-23-5-3-13(4-6-23)21(25)22-15-1-2-17-19(8-15)28-11-26-17/h1-2,7-9,13,24H,3-6,10-12H2,(H,22,25)/p+1. The molecular formula is C21H23N2O6+. The summed E-state index contributed by atoms with van der Waals surface area (Å²) in [6.45, 7) is 2.83. The zero-order chi connectivity index (χ0) is 19.8. The second kappa shape index (κ2) is 7.36. The summed E-state index contributed by atoms with van der Waals surface area (Å²) < 4.78 is 21.4. The quantitative estimate of drug-likeness (QED) is 0.718. The summed E-state index contributed by atoms with van der Waals surface area (Å²) in [5.41, 5.74) is 1.56. The van der Waals surface area contributed by atoms with Crippen molar-refractivity contribution in [1.82, 2.24) is 0 Å². The van der Waals surface area contributed by atoms with E-state index in [1.807, 2.05) is 18.2 Å². The number of anilines is 1. The second-order valence-electron chi connectivity index (χ2n) is 7.59. The molecule has 2 aromatic carbocycles. The molecule has 3 aliphatic rings. The number of piperidine rings is 1. The van der Waals surface area contributed by atoms with Crippen molar-refractivity contribution < 1.29 is 33.7 Å². The maximum absolute atomic E-state index is 12.7. The van der Waals surface area contributed by atoms with Gasteiger partial charge in [0.15, 0.2) is 23.0 Å². The smallest absolute Gasteiger partial charge is 0.231 e. The summed E-state index contributed by atoms with van der Waals surface area (Å²) in [6.07, 6.45) is 1.61. The Labute approximate surface area is 167 Å². The van der Waals surface area contributed by atoms with Crippen LogP contribution in [0.3, 0.4) is 0 Å². The Morgan fingerprint density at radius 2 is 1.62 bits per heavy atom. The molecule has 0 aromatic heterocycles. The first-order valence-corrected chi connectivity index (χ1v) is 9.81. The number of quaternary nitrogens is 1. The number of aromatic hydroxyl groups is 1. The zero-order valence-electron chi connectivity index (χ0n) is 15.9. The molecule has 5 rings (SSSR count). The van der Waals surface area contributed by atoms with Crippen molar-refractivity contribution in [3.63, 3.8) is 0 Å². The van der Waals surface area contributed by atoms with Gasteiger partial charge in [0.2, 0.25) is 19.5 Å². The molecule has 0 aliphatic carbocycles. The molecule has 0 spiro atoms. The maximum atomic E-state index is 12.7. The van der Waals surface area contributed by atoms with Crippen molar-refractivity contribution >= 4 is 11.6 Å². The Morgan fingerprint density at radius 1 is 0.966 bits per heavy atom. The number of fused-ring (bicyclic) bond motifs is 2. The van der Waals surface area contributed by atoms with E-state index < -0.39 is 0 Å². The molecule has 3 heterocycles. The summed E-state index contributed by atoms with van der Waals surface area (Å²) in [4.78, 5) is 14.0. The van der Waals surface area contributed by atoms with E-state index in [1.54, 1.807) is 12.1 Å². The molecule has 1 saturated heterocycles. The van der Waals surface area contributed by atoms with Crippen LogP contribution in [0.15, 0.2) is 30.3 Å². The molecule has 0 unspecified atom stereocenters. The minimum Gasteiger partial charge on any atom is -0.507 e. The van der Waals surface area contributed by atoms with E-state index in [2.05, 4.69) is 5.32 Å². The predicted molar refractivity (Wildman–Crippen MR) is 103 cm³/mol. The molecule has 152 valence electrons. The topological polar surface area (TPSA) is 90.7 Å². The van der Waals surface area contributed by atoms with Crippen LogP contribution in [0.1, 0.15) is 18.4 Å². The van der Waals surface area contributed by atoms with Gasteiger partial charge in [0.25, 0.3) is 0 Å². The van der Waals surface area contributed by atoms with Gasteiger partial charge in [0, 0.05) is 36.6 Å². The largest absolute Gasteiger partial charge is 0.507 e. The van der Waals surface area contributed by atoms with E-state index in [-0.39, 0.29) is 31.2 Å². The molecule has 29 heavy (non-hydrogen) atoms. The normalized spacial score (nSPS) is 21.8. The van der Waals surface area contributed by atoms with Gasteiger partial charge in [-0.3, -0.25) is 4.79 Å². The van der Waals surface area contributed by atoms with Crippen molar-refractivity contribution in [3.8, 4) is 28.7 Å². The molecule has 3 N–H and O–H groups in total. The lowest BCUT2D eigenvalue weighted by molar-refractivity contribution is -0.919. The lowest BCUT2D eigenvalue weighted by Crippen LogP contribution is -3.11. The van der Waals surface area contributed by atoms with Gasteiger partial charge in [-0.2, -0.15) is 0 Å². The highest BCUT2D eigenvalue weighted by atomic mass is 16.7. The van der Waals surface area contributed by atoms with Crippen molar-refractivity contribution in [2.45, 2.75) is 19.4 Å². The molecule has 3 aliphatic heterocycles. The summed E-state index contributed by atoms with van der Waals surface area (Å²) in [7, 11) is 0. The van der Waals surface area contributed by atoms with Crippen LogP contribution in [0.4, 0.5) is 5.69 Å². The van der Waals surface area contributed by atoms with Crippen LogP contribution in [-0.2, 0) is 11.3 Å². The number of amides is 1. The molecule has 0 radical (unpaired) electrons. The zero-order valence-corrected chi connectivity index (χ0v) is 15.9. The molecule has 1 amide bonds. The van der Waals surface area contributed by atoms with Gasteiger partial charge in [0.05, 0.1) is 18.7 Å². The number of phenols is 1. The van der Waals surface area contributed by atoms with E-state index in [1.165, 1.54) is 4.90 Å². The SMILES string of the molecule is O=C(Nc1ccc2c(c1)OCO2)C1CC[NH+](Cc2cc3c(cc2O)OCO3)CC1. The number of likely N-dealkylation sites (tertiary alicyclic amines) is 1. The lowest BCUT2D eigenvalue weighted by Gasteiger charge is -2.28. The summed E-state index contributed by atoms with van der Waals surface area (Å²) in [5.74, 6) is 2.86. The molecule has 0 bridgehead atoms. The minimum absolute atomic E-state index is 0.0190. The fourth-order valence-corrected chi connectivity index (χ4v) is 4.07. The number of benzene rings is 2. The number of rotatable bonds is 4. The van der Waals surface area contributed by atoms with Gasteiger partial charge in [-0.05, 0) is 18.2 Å². The Hall–Kier alpha value is -3.13. The highest BCUT2D eigenvalue weighted by Gasteiger charge is 2.29. The number of ether oxygens (including phenoxy) is 4. The molecular weight excluding hydrogens is 376 g/mol. The van der Waals surface area contributed by atoms with E-state index >= 15 is 0 Å². The highest BCUT2D eigenvalue weighted by molar-refractivity contribution is 5.92. The number of hydrogen-bond donors (Lipinski definition) is 3. The van der Waals surface area contributed by atoms with Crippen molar-refractivity contribution in [2.24, 2.45) is 5.92 Å². The van der Waals surface area contributed by atoms with Gasteiger partial charge in [0.1, 0.15) is 12.3 Å². The molecule has 8 heteroatoms. The van der Waals surface area contributed by atoms with E-state index in [4.69, 9.17) is 18.9 Å². The summed E-state index contributed by atoms with van der Waals surface area (Å²) >= 11 is 0. The molecule has 1 fully saturated rings. The van der Waals surface area contributed by atoms with Crippen molar-refractivity contribution in [3.05, 3.63) is 35.9 Å². The van der Waals surface area contributed by atoms with E-state index in [0.29, 0.717) is 29.5 Å². The van der Waals surface area contributed by atoms with Crippen molar-refractivity contribution in [1.29, 1.82) is 0 Å². The predicted octanol–water partition coefficient (Wildman–Crippen LogP) is 1.28. The number of hydrogen-bond acceptors (Lipinski definition) is 6. The molecule has 8 nitrogen and oxygen atoms in total. The first-order valence-electron chi connectivity index (χ1n) is 9.81. The van der Waals surface area contributed by atoms with Crippen LogP contribution in [0, 0.1) is 5.92 Å². The number of carbonyl (C=O) groups is 1. The third-order valence-electron chi connectivity index (χ3n) is 5.72. The second-order valence-corrected chi connectivity index (χ2v) is 7.59. The van der Waals surface area contributed by atoms with Crippen LogP contribution in [0.2, 0.25) is 0 Å². The Balaban J connectivity index is 1.16. The van der Waals surface area contributed by atoms with Gasteiger partial charge >= 0.3 is 0 Å². The lowest BCUT2D eigenvalue weighted by atomic mass is 9.95. The van der Waals surface area contributed by atoms with Gasteiger partial charge in [-0.15, -0.1) is 0 Å². The highest BCUT2D eigenvalue weighted by Crippen LogP contribution is 2.37. The van der Waals surface area contributed by atoms with Gasteiger partial charge in [-0.1, -0.05) is 0 Å². The number of nitrogens with one attached hydrogen (secondary N) is 2. The molecule has 0 atom stereocenters. The monoisotopic (exact) mass is 399 g/mol. The van der Waals surface area contributed by atoms with Crippen molar-refractivity contribution in [2.75, 3.05) is 32.0 Å². The van der Waals surface area contributed by atoms with Crippen LogP contribution in [0.5, 0.6) is 28.7 Å². The van der Waals surface area contributed by atoms with Gasteiger partial charge < -0.3 is 34.3 Å². The third-order valence-corrected chi connectivity index (χ3v) is 5.72. The molecule has 2 aromatic rings. The average molecular weight is 399 g/mol. The first-order chi connectivity index (χ1) is 14.2. The van der Waals surface area contributed by atoms with E-state index in [9.17, 15) is 9.90 Å². The van der Waals surface area contributed by atoms with Crippen LogP contribution >= 0.6 is 0 Å². The summed E-state index contributed by atoms with van der Waals surface area (Å²) in [5, 5.41) is 13.2. The Kier molecular flexibility index (Phi) is 4.55. The first kappa shape index (κ1) is 17.9. The summed E-state index contributed by atoms with van der Waals surface area (Å²) in [6, 6.07) is 8.89. The third kappa shape index (κ3) is 3.63. The van der Waals surface area contributed by atoms with Gasteiger partial charge in [-0.25, -0.2) is 0 Å². The number of carbonyl (C=O) groups excluding carboxylic acids is 1. The molecule has 0 saturated carbocycles. The fourth-order valence-electron chi connectivity index (χ4n) is 4.07. The minimum atomic E-state index is -0.0190. The number of phenolic OH excluding ortho intramolecular Hbond substituents is 1. The van der Waals surface area contributed by atoms with E-state index in [0.717, 1.165) is 37.2 Å². The van der Waals surface area contributed by atoms with Crippen LogP contribution < -0.4 is 29.2 Å². The van der Waals surface area contributed by atoms with Crippen LogP contribution in [0.25, 0.3) is 0 Å². The maximum Gasteiger partial charge on any atom is 0.231 e. The average Bonchev–Trinajstić information content (AvgIpc) is 3.37. The Bertz CT molecular complexity index is 939. The Morgan fingerprint density at radius 3 is 2.38 bits per heavy atom. The fraction of sp³-hybridized carbons (Fsp3) is 0.381. The van der Waals surface area contributed by atoms with Crippen LogP contribution in [-0.4, -0.2) is 37.7 Å².